The first kappa shape index (κ1) is 24.1. The van der Waals surface area contributed by atoms with Crippen molar-refractivity contribution in [1.82, 2.24) is 0 Å². The van der Waals surface area contributed by atoms with E-state index in [0.717, 1.165) is 19.3 Å². The van der Waals surface area contributed by atoms with Crippen LogP contribution in [0.1, 0.15) is 110 Å². The second-order valence-corrected chi connectivity index (χ2v) is 7.85. The fraction of sp³-hybridized carbons (Fsp3) is 1.00. The quantitative estimate of drug-likeness (QED) is 0.129. The van der Waals surface area contributed by atoms with Gasteiger partial charge in [-0.25, -0.2) is 9.45 Å². The molecule has 0 heterocycles. The predicted molar refractivity (Wildman–Crippen MR) is 98.6 cm³/mol. The summed E-state index contributed by atoms with van der Waals surface area (Å²) in [7, 11) is -4.53. The van der Waals surface area contributed by atoms with Crippen LogP contribution in [0.5, 0.6) is 0 Å². The summed E-state index contributed by atoms with van der Waals surface area (Å²) in [5.41, 5.74) is 0. The number of hydrogen-bond acceptors (Lipinski definition) is 3. The van der Waals surface area contributed by atoms with Gasteiger partial charge in [-0.1, -0.05) is 97.3 Å². The maximum atomic E-state index is 10.6. The molecule has 0 radical (unpaired) electrons. The summed E-state index contributed by atoms with van der Waals surface area (Å²) in [4.78, 5) is 22.0. The van der Waals surface area contributed by atoms with E-state index in [1.807, 2.05) is 6.92 Å². The number of phosphoric acid groups is 1. The van der Waals surface area contributed by atoms with Gasteiger partial charge < -0.3 is 9.79 Å². The largest absolute Gasteiger partial charge is 0.496 e. The van der Waals surface area contributed by atoms with Gasteiger partial charge in [0, 0.05) is 0 Å². The number of hydrogen-bond donors (Lipinski definition) is 2. The Bertz CT molecular complexity index is 306. The lowest BCUT2D eigenvalue weighted by atomic mass is 10.0. The second-order valence-electron chi connectivity index (χ2n) is 6.72. The summed E-state index contributed by atoms with van der Waals surface area (Å²) in [5, 5.41) is 0. The van der Waals surface area contributed by atoms with Crippen molar-refractivity contribution >= 4 is 7.82 Å². The van der Waals surface area contributed by atoms with Gasteiger partial charge >= 0.3 is 7.82 Å². The van der Waals surface area contributed by atoms with Crippen LogP contribution in [0.15, 0.2) is 0 Å². The average Bonchev–Trinajstić information content (AvgIpc) is 2.53. The van der Waals surface area contributed by atoms with E-state index in [1.54, 1.807) is 0 Å². The molecule has 0 bridgehead atoms. The molecule has 0 saturated carbocycles. The van der Waals surface area contributed by atoms with Gasteiger partial charge in [-0.2, -0.15) is 0 Å². The summed E-state index contributed by atoms with van der Waals surface area (Å²) in [6.07, 6.45) is 18.3. The van der Waals surface area contributed by atoms with Crippen LogP contribution in [0.3, 0.4) is 0 Å². The van der Waals surface area contributed by atoms with Crippen molar-refractivity contribution < 1.29 is 23.9 Å². The van der Waals surface area contributed by atoms with Crippen LogP contribution in [0.2, 0.25) is 0 Å². The molecule has 6 heteroatoms. The first-order valence-corrected chi connectivity index (χ1v) is 11.4. The summed E-state index contributed by atoms with van der Waals surface area (Å²) in [6.45, 7) is 4.18. The van der Waals surface area contributed by atoms with Crippen molar-refractivity contribution in [2.75, 3.05) is 0 Å². The van der Waals surface area contributed by atoms with Crippen LogP contribution in [0.4, 0.5) is 0 Å². The Hall–Kier alpha value is 0.0700. The monoisotopic (exact) mass is 366 g/mol. The first-order valence-electron chi connectivity index (χ1n) is 9.90. The van der Waals surface area contributed by atoms with E-state index in [1.165, 1.54) is 70.6 Å². The zero-order valence-corrected chi connectivity index (χ0v) is 16.6. The molecular formula is C18H39O5P. The highest BCUT2D eigenvalue weighted by Crippen LogP contribution is 2.37. The summed E-state index contributed by atoms with van der Waals surface area (Å²) in [6, 6.07) is 0. The Labute approximate surface area is 148 Å². The third kappa shape index (κ3) is 18.4. The molecular weight excluding hydrogens is 327 g/mol. The SMILES string of the molecule is CCCCCCCCCCCCCCCC(CC)OOP(=O)(O)O. The molecule has 0 aromatic heterocycles. The van der Waals surface area contributed by atoms with E-state index in [4.69, 9.17) is 14.7 Å². The molecule has 1 atom stereocenters. The Balaban J connectivity index is 3.30. The molecule has 1 unspecified atom stereocenters. The maximum Gasteiger partial charge on any atom is 0.496 e. The third-order valence-electron chi connectivity index (χ3n) is 4.36. The molecule has 0 spiro atoms. The molecule has 0 saturated heterocycles. The minimum Gasteiger partial charge on any atom is -0.301 e. The van der Waals surface area contributed by atoms with Crippen molar-refractivity contribution in [3.05, 3.63) is 0 Å². The third-order valence-corrected chi connectivity index (χ3v) is 4.64. The topological polar surface area (TPSA) is 76.0 Å². The molecule has 2 N–H and O–H groups in total. The fourth-order valence-electron chi connectivity index (χ4n) is 2.83. The van der Waals surface area contributed by atoms with Crippen molar-refractivity contribution in [3.63, 3.8) is 0 Å². The van der Waals surface area contributed by atoms with E-state index in [2.05, 4.69) is 11.6 Å². The van der Waals surface area contributed by atoms with E-state index in [-0.39, 0.29) is 6.10 Å². The highest BCUT2D eigenvalue weighted by atomic mass is 31.2. The molecule has 0 aliphatic carbocycles. The molecule has 0 aromatic carbocycles. The summed E-state index contributed by atoms with van der Waals surface area (Å²) in [5.74, 6) is 0. The zero-order chi connectivity index (χ0) is 18.1. The van der Waals surface area contributed by atoms with Crippen LogP contribution in [0.25, 0.3) is 0 Å². The van der Waals surface area contributed by atoms with Crippen LogP contribution in [-0.2, 0) is 14.1 Å². The van der Waals surface area contributed by atoms with E-state index in [0.29, 0.717) is 6.42 Å². The summed E-state index contributed by atoms with van der Waals surface area (Å²) < 4.78 is 14.7. The minimum absolute atomic E-state index is 0.231. The fourth-order valence-corrected chi connectivity index (χ4v) is 3.06. The Morgan fingerprint density at radius 3 is 1.54 bits per heavy atom. The van der Waals surface area contributed by atoms with E-state index in [9.17, 15) is 4.57 Å². The van der Waals surface area contributed by atoms with Gasteiger partial charge in [0.2, 0.25) is 0 Å². The predicted octanol–water partition coefficient (Wildman–Crippen LogP) is 6.29. The molecule has 0 aromatic rings. The molecule has 0 aliphatic rings. The Morgan fingerprint density at radius 2 is 1.17 bits per heavy atom. The first-order chi connectivity index (χ1) is 11.5. The zero-order valence-electron chi connectivity index (χ0n) is 15.8. The van der Waals surface area contributed by atoms with Crippen molar-refractivity contribution in [3.8, 4) is 0 Å². The highest BCUT2D eigenvalue weighted by Gasteiger charge is 2.18. The van der Waals surface area contributed by atoms with Crippen molar-refractivity contribution in [1.29, 1.82) is 0 Å². The van der Waals surface area contributed by atoms with Gasteiger partial charge in [0.05, 0.1) is 6.10 Å². The van der Waals surface area contributed by atoms with Crippen LogP contribution >= 0.6 is 7.82 Å². The smallest absolute Gasteiger partial charge is 0.301 e. The van der Waals surface area contributed by atoms with Gasteiger partial charge in [0.25, 0.3) is 0 Å². The standard InChI is InChI=1S/C18H39O5P/c1-3-5-6-7-8-9-10-11-12-13-14-15-16-17-18(4-2)22-23-24(19,20)21/h18H,3-17H2,1-2H3,(H2,19,20,21). The Morgan fingerprint density at radius 1 is 0.750 bits per heavy atom. The number of rotatable bonds is 18. The molecule has 0 fully saturated rings. The van der Waals surface area contributed by atoms with Crippen LogP contribution in [-0.4, -0.2) is 15.9 Å². The minimum atomic E-state index is -4.53. The van der Waals surface area contributed by atoms with Gasteiger partial charge in [0.1, 0.15) is 0 Å². The molecule has 5 nitrogen and oxygen atoms in total. The lowest BCUT2D eigenvalue weighted by molar-refractivity contribution is -0.260. The lowest BCUT2D eigenvalue weighted by Crippen LogP contribution is -2.11. The second kappa shape index (κ2) is 16.5. The normalized spacial score (nSPS) is 13.3. The van der Waals surface area contributed by atoms with Crippen molar-refractivity contribution in [2.45, 2.75) is 116 Å². The maximum absolute atomic E-state index is 10.6. The average molecular weight is 366 g/mol. The lowest BCUT2D eigenvalue weighted by Gasteiger charge is -2.14. The molecule has 0 rings (SSSR count). The van der Waals surface area contributed by atoms with Gasteiger partial charge in [-0.05, 0) is 12.8 Å². The highest BCUT2D eigenvalue weighted by molar-refractivity contribution is 7.46. The Kier molecular flexibility index (Phi) is 16.6. The van der Waals surface area contributed by atoms with E-state index >= 15 is 0 Å². The van der Waals surface area contributed by atoms with Crippen LogP contribution in [0, 0.1) is 0 Å². The van der Waals surface area contributed by atoms with Gasteiger partial charge in [-0.3, -0.25) is 0 Å². The molecule has 0 amide bonds. The molecule has 0 aliphatic heterocycles. The van der Waals surface area contributed by atoms with Gasteiger partial charge in [-0.15, -0.1) is 4.67 Å². The van der Waals surface area contributed by atoms with Gasteiger partial charge in [0.15, 0.2) is 0 Å². The molecule has 24 heavy (non-hydrogen) atoms. The molecule has 146 valence electrons. The number of unbranched alkanes of at least 4 members (excludes halogenated alkanes) is 12. The summed E-state index contributed by atoms with van der Waals surface area (Å²) >= 11 is 0. The van der Waals surface area contributed by atoms with E-state index < -0.39 is 7.82 Å². The van der Waals surface area contributed by atoms with Crippen LogP contribution < -0.4 is 0 Å². The van der Waals surface area contributed by atoms with Crippen molar-refractivity contribution in [2.24, 2.45) is 0 Å².